The molecule has 3 aliphatic rings. The van der Waals surface area contributed by atoms with Gasteiger partial charge in [-0.1, -0.05) is 6.07 Å². The van der Waals surface area contributed by atoms with Gasteiger partial charge >= 0.3 is 15.6 Å². The van der Waals surface area contributed by atoms with Gasteiger partial charge in [0.15, 0.2) is 5.82 Å². The van der Waals surface area contributed by atoms with Crippen molar-refractivity contribution in [2.45, 2.75) is 30.5 Å². The molecule has 10 heteroatoms. The maximum absolute atomic E-state index is 12.5. The monoisotopic (exact) mass is 336 g/mol. The van der Waals surface area contributed by atoms with Crippen molar-refractivity contribution in [3.8, 4) is 0 Å². The summed E-state index contributed by atoms with van der Waals surface area (Å²) < 4.78 is 64.0. The predicted octanol–water partition coefficient (Wildman–Crippen LogP) is 2.11. The van der Waals surface area contributed by atoms with Crippen molar-refractivity contribution < 1.29 is 30.6 Å². The van der Waals surface area contributed by atoms with Crippen LogP contribution in [0.15, 0.2) is 36.2 Å². The lowest BCUT2D eigenvalue weighted by molar-refractivity contribution is -0.0558. The van der Waals surface area contributed by atoms with Gasteiger partial charge in [0.1, 0.15) is 17.9 Å². The Morgan fingerprint density at radius 1 is 1.32 bits per heavy atom. The van der Waals surface area contributed by atoms with Crippen molar-refractivity contribution >= 4 is 15.9 Å². The van der Waals surface area contributed by atoms with Gasteiger partial charge in [-0.15, -0.1) is 0 Å². The lowest BCUT2D eigenvalue weighted by Gasteiger charge is -2.43. The maximum atomic E-state index is 12.5. The van der Waals surface area contributed by atoms with E-state index < -0.39 is 27.8 Å². The van der Waals surface area contributed by atoms with Gasteiger partial charge in [-0.3, -0.25) is 4.84 Å². The normalized spacial score (nSPS) is 25.0. The van der Waals surface area contributed by atoms with Gasteiger partial charge in [0.05, 0.1) is 0 Å². The van der Waals surface area contributed by atoms with Crippen molar-refractivity contribution in [3.63, 3.8) is 0 Å². The summed E-state index contributed by atoms with van der Waals surface area (Å²) in [4.78, 5) is 9.59. The molecular weight excluding hydrogens is 325 g/mol. The van der Waals surface area contributed by atoms with Gasteiger partial charge in [-0.2, -0.15) is 21.6 Å². The molecule has 0 radical (unpaired) electrons. The van der Waals surface area contributed by atoms with E-state index in [2.05, 4.69) is 9.17 Å². The van der Waals surface area contributed by atoms with Crippen molar-refractivity contribution in [1.82, 2.24) is 4.98 Å². The lowest BCUT2D eigenvalue weighted by atomic mass is 9.96. The highest BCUT2D eigenvalue weighted by atomic mass is 32.2. The van der Waals surface area contributed by atoms with E-state index in [0.717, 1.165) is 0 Å². The van der Waals surface area contributed by atoms with E-state index in [1.165, 1.54) is 17.3 Å². The van der Waals surface area contributed by atoms with Crippen LogP contribution in [0.4, 0.5) is 19.0 Å². The molecule has 1 aromatic heterocycles. The Bertz CT molecular complexity index is 690. The molecule has 0 aromatic carbocycles. The number of nitrogens with zero attached hydrogens (tertiary/aromatic N) is 2. The highest BCUT2D eigenvalue weighted by Crippen LogP contribution is 2.38. The first-order chi connectivity index (χ1) is 10.3. The maximum Gasteiger partial charge on any atom is 0.534 e. The average Bonchev–Trinajstić information content (AvgIpc) is 2.47. The Morgan fingerprint density at radius 3 is 2.68 bits per heavy atom. The van der Waals surface area contributed by atoms with Gasteiger partial charge in [-0.25, -0.2) is 10.0 Å². The first kappa shape index (κ1) is 15.1. The van der Waals surface area contributed by atoms with E-state index in [9.17, 15) is 21.6 Å². The predicted molar refractivity (Wildman–Crippen MR) is 68.8 cm³/mol. The van der Waals surface area contributed by atoms with Gasteiger partial charge in [0.25, 0.3) is 0 Å². The fraction of sp³-hybridized carbons (Fsp3) is 0.417. The van der Waals surface area contributed by atoms with Crippen LogP contribution in [0, 0.1) is 0 Å². The summed E-state index contributed by atoms with van der Waals surface area (Å²) in [6.07, 6.45) is 3.17. The number of hydrogen-bond donors (Lipinski definition) is 0. The zero-order valence-electron chi connectivity index (χ0n) is 11.0. The zero-order valence-corrected chi connectivity index (χ0v) is 11.8. The molecule has 1 fully saturated rings. The molecule has 2 bridgehead atoms. The molecule has 2 atom stereocenters. The van der Waals surface area contributed by atoms with E-state index in [-0.39, 0.29) is 5.76 Å². The number of hydroxylamine groups is 1. The lowest BCUT2D eigenvalue weighted by Crippen LogP contribution is -2.50. The summed E-state index contributed by atoms with van der Waals surface area (Å²) >= 11 is 0. The van der Waals surface area contributed by atoms with E-state index in [4.69, 9.17) is 4.84 Å². The third kappa shape index (κ3) is 2.63. The Hall–Kier alpha value is -1.81. The minimum Gasteiger partial charge on any atom is -0.378 e. The van der Waals surface area contributed by atoms with Crippen LogP contribution in [0.3, 0.4) is 0 Å². The molecule has 1 aromatic rings. The Balaban J connectivity index is 1.88. The van der Waals surface area contributed by atoms with Crippen molar-refractivity contribution in [1.29, 1.82) is 0 Å². The molecule has 0 amide bonds. The smallest absolute Gasteiger partial charge is 0.378 e. The number of fused-ring (bicyclic) bond motifs is 2. The minimum absolute atomic E-state index is 0.287. The number of rotatable bonds is 3. The molecular formula is C12H11F3N2O4S. The fourth-order valence-electron chi connectivity index (χ4n) is 2.33. The molecule has 0 unspecified atom stereocenters. The molecule has 0 saturated carbocycles. The molecule has 1 aliphatic carbocycles. The Labute approximate surface area is 124 Å². The number of hydrogen-bond acceptors (Lipinski definition) is 6. The van der Waals surface area contributed by atoms with Crippen molar-refractivity contribution in [2.75, 3.05) is 5.06 Å². The molecule has 3 heterocycles. The highest BCUT2D eigenvalue weighted by Gasteiger charge is 2.51. The standard InChI is InChI=1S/C12H11F3N2O4S/c13-12(14,15)22(18,19)21-10-7-8-4-5-9(10)17(20-8)11-3-1-2-6-16-11/h1-3,6-9H,4-5H2/t8-,9+/m0/s1. The summed E-state index contributed by atoms with van der Waals surface area (Å²) in [5.74, 6) is 0.0845. The first-order valence-electron chi connectivity index (χ1n) is 6.37. The second-order valence-corrected chi connectivity index (χ2v) is 6.34. The molecule has 0 N–H and O–H groups in total. The summed E-state index contributed by atoms with van der Waals surface area (Å²) in [6.45, 7) is 0. The number of alkyl halides is 3. The Morgan fingerprint density at radius 2 is 2.09 bits per heavy atom. The Kier molecular flexibility index (Phi) is 3.52. The van der Waals surface area contributed by atoms with E-state index in [1.54, 1.807) is 18.2 Å². The third-order valence-corrected chi connectivity index (χ3v) is 4.28. The van der Waals surface area contributed by atoms with Crippen LogP contribution in [0.1, 0.15) is 12.8 Å². The van der Waals surface area contributed by atoms with Gasteiger partial charge in [0.2, 0.25) is 0 Å². The van der Waals surface area contributed by atoms with Gasteiger partial charge in [-0.05, 0) is 31.1 Å². The van der Waals surface area contributed by atoms with Crippen molar-refractivity contribution in [2.24, 2.45) is 0 Å². The number of anilines is 1. The molecule has 4 rings (SSSR count). The summed E-state index contributed by atoms with van der Waals surface area (Å²) in [6, 6.07) is 4.20. The SMILES string of the molecule is O=S(=O)(OC1=C[C@@H]2CC[C@H]1N(c1ccccn1)O2)C(F)(F)F. The van der Waals surface area contributed by atoms with Gasteiger partial charge in [0, 0.05) is 6.20 Å². The topological polar surface area (TPSA) is 68.7 Å². The molecule has 22 heavy (non-hydrogen) atoms. The number of pyridine rings is 1. The molecule has 1 saturated heterocycles. The quantitative estimate of drug-likeness (QED) is 0.622. The minimum atomic E-state index is -5.70. The molecule has 120 valence electrons. The number of halogens is 3. The second-order valence-electron chi connectivity index (χ2n) is 4.80. The van der Waals surface area contributed by atoms with Crippen LogP contribution in [-0.4, -0.2) is 31.1 Å². The van der Waals surface area contributed by atoms with Crippen LogP contribution in [-0.2, 0) is 19.1 Å². The van der Waals surface area contributed by atoms with Crippen LogP contribution < -0.4 is 5.06 Å². The zero-order chi connectivity index (χ0) is 16.0. The summed E-state index contributed by atoms with van der Waals surface area (Å²) in [7, 11) is -5.70. The highest BCUT2D eigenvalue weighted by molar-refractivity contribution is 7.87. The third-order valence-electron chi connectivity index (χ3n) is 3.30. The largest absolute Gasteiger partial charge is 0.534 e. The number of aromatic nitrogens is 1. The van der Waals surface area contributed by atoms with Gasteiger partial charge < -0.3 is 4.18 Å². The second kappa shape index (κ2) is 5.13. The van der Waals surface area contributed by atoms with E-state index >= 15 is 0 Å². The van der Waals surface area contributed by atoms with Crippen LogP contribution >= 0.6 is 0 Å². The van der Waals surface area contributed by atoms with E-state index in [0.29, 0.717) is 18.7 Å². The van der Waals surface area contributed by atoms with Crippen molar-refractivity contribution in [3.05, 3.63) is 36.2 Å². The first-order valence-corrected chi connectivity index (χ1v) is 7.78. The van der Waals surface area contributed by atoms with E-state index in [1.807, 2.05) is 0 Å². The molecule has 0 spiro atoms. The summed E-state index contributed by atoms with van der Waals surface area (Å²) in [5, 5.41) is 1.29. The van der Waals surface area contributed by atoms with Crippen LogP contribution in [0.5, 0.6) is 0 Å². The van der Waals surface area contributed by atoms with Crippen LogP contribution in [0.2, 0.25) is 0 Å². The van der Waals surface area contributed by atoms with Crippen LogP contribution in [0.25, 0.3) is 0 Å². The average molecular weight is 336 g/mol. The molecule has 2 aliphatic heterocycles. The molecule has 6 nitrogen and oxygen atoms in total. The summed E-state index contributed by atoms with van der Waals surface area (Å²) in [5.41, 5.74) is -5.47. The fourth-order valence-corrected chi connectivity index (χ4v) is 2.85.